The Morgan fingerprint density at radius 1 is 0.636 bits per heavy atom. The molecule has 0 amide bonds. The van der Waals surface area contributed by atoms with Crippen LogP contribution in [0.5, 0.6) is 0 Å². The lowest BCUT2D eigenvalue weighted by Gasteiger charge is -2.21. The number of hydrogen-bond acceptors (Lipinski definition) is 0. The largest absolute Gasteiger partial charge is 0.0654 e. The first-order valence-corrected chi connectivity index (χ1v) is 9.26. The Bertz CT molecular complexity index is 607. The summed E-state index contributed by atoms with van der Waals surface area (Å²) in [6.45, 7) is 9.25. The third-order valence-electron chi connectivity index (χ3n) is 4.90. The molecule has 0 aliphatic carbocycles. The van der Waals surface area contributed by atoms with E-state index in [9.17, 15) is 0 Å². The SMILES string of the molecule is CCCCc1c(CCC)c(C)c2ccccc2c1CCCC. The third kappa shape index (κ3) is 3.54. The maximum Gasteiger partial charge on any atom is -0.0146 e. The van der Waals surface area contributed by atoms with Crippen LogP contribution >= 0.6 is 0 Å². The summed E-state index contributed by atoms with van der Waals surface area (Å²) in [6.07, 6.45) is 10.2. The van der Waals surface area contributed by atoms with Crippen molar-refractivity contribution in [2.45, 2.75) is 79.1 Å². The molecule has 0 atom stereocenters. The molecule has 0 saturated heterocycles. The third-order valence-corrected chi connectivity index (χ3v) is 4.90. The minimum absolute atomic E-state index is 1.23. The molecule has 0 aliphatic rings. The van der Waals surface area contributed by atoms with E-state index in [1.165, 1.54) is 67.7 Å². The average molecular weight is 296 g/mol. The Kier molecular flexibility index (Phi) is 6.49. The van der Waals surface area contributed by atoms with E-state index in [1.54, 1.807) is 16.7 Å². The molecule has 0 nitrogen and oxygen atoms in total. The number of benzene rings is 2. The fraction of sp³-hybridized carbons (Fsp3) is 0.545. The van der Waals surface area contributed by atoms with Gasteiger partial charge in [-0.2, -0.15) is 0 Å². The summed E-state index contributed by atoms with van der Waals surface area (Å²) in [5.41, 5.74) is 6.53. The van der Waals surface area contributed by atoms with Crippen molar-refractivity contribution in [1.82, 2.24) is 0 Å². The summed E-state index contributed by atoms with van der Waals surface area (Å²) in [5, 5.41) is 3.00. The van der Waals surface area contributed by atoms with Gasteiger partial charge in [0.15, 0.2) is 0 Å². The first-order valence-electron chi connectivity index (χ1n) is 9.26. The minimum Gasteiger partial charge on any atom is -0.0654 e. The van der Waals surface area contributed by atoms with Gasteiger partial charge >= 0.3 is 0 Å². The van der Waals surface area contributed by atoms with Crippen molar-refractivity contribution in [3.8, 4) is 0 Å². The van der Waals surface area contributed by atoms with E-state index in [2.05, 4.69) is 52.0 Å². The second-order valence-corrected chi connectivity index (χ2v) is 6.56. The zero-order valence-corrected chi connectivity index (χ0v) is 15.0. The number of unbranched alkanes of at least 4 members (excludes halogenated alkanes) is 2. The number of fused-ring (bicyclic) bond motifs is 1. The standard InChI is InChI=1S/C22H32/c1-5-8-13-20-18(12-7-3)17(4)19-15-10-11-16-21(19)22(20)14-9-6-2/h10-11,15-16H,5-9,12-14H2,1-4H3. The molecule has 2 aromatic carbocycles. The fourth-order valence-corrected chi connectivity index (χ4v) is 3.69. The van der Waals surface area contributed by atoms with Gasteiger partial charge in [0, 0.05) is 0 Å². The molecule has 0 aromatic heterocycles. The van der Waals surface area contributed by atoms with E-state index >= 15 is 0 Å². The Morgan fingerprint density at radius 2 is 1.23 bits per heavy atom. The maximum atomic E-state index is 2.35. The van der Waals surface area contributed by atoms with Crippen LogP contribution in [0.4, 0.5) is 0 Å². The van der Waals surface area contributed by atoms with Gasteiger partial charge < -0.3 is 0 Å². The molecule has 0 heteroatoms. The lowest BCUT2D eigenvalue weighted by Crippen LogP contribution is -2.05. The Hall–Kier alpha value is -1.30. The Morgan fingerprint density at radius 3 is 1.82 bits per heavy atom. The van der Waals surface area contributed by atoms with Crippen molar-refractivity contribution in [2.75, 3.05) is 0 Å². The van der Waals surface area contributed by atoms with Gasteiger partial charge in [0.25, 0.3) is 0 Å². The molecule has 0 saturated carbocycles. The fourth-order valence-electron chi connectivity index (χ4n) is 3.69. The van der Waals surface area contributed by atoms with Gasteiger partial charge in [0.1, 0.15) is 0 Å². The van der Waals surface area contributed by atoms with Crippen molar-refractivity contribution in [3.63, 3.8) is 0 Å². The Balaban J connectivity index is 2.67. The zero-order chi connectivity index (χ0) is 15.9. The molecular weight excluding hydrogens is 264 g/mol. The molecule has 22 heavy (non-hydrogen) atoms. The van der Waals surface area contributed by atoms with Crippen LogP contribution in [0.25, 0.3) is 10.8 Å². The number of rotatable bonds is 8. The summed E-state index contributed by atoms with van der Waals surface area (Å²) in [7, 11) is 0. The van der Waals surface area contributed by atoms with Crippen molar-refractivity contribution < 1.29 is 0 Å². The second-order valence-electron chi connectivity index (χ2n) is 6.56. The molecule has 2 aromatic rings. The van der Waals surface area contributed by atoms with Gasteiger partial charge in [0.2, 0.25) is 0 Å². The number of hydrogen-bond donors (Lipinski definition) is 0. The quantitative estimate of drug-likeness (QED) is 0.503. The first kappa shape index (κ1) is 17.1. The minimum atomic E-state index is 1.23. The molecule has 2 rings (SSSR count). The molecule has 0 radical (unpaired) electrons. The predicted octanol–water partition coefficient (Wildman–Crippen LogP) is 6.79. The lowest BCUT2D eigenvalue weighted by atomic mass is 9.84. The highest BCUT2D eigenvalue weighted by molar-refractivity contribution is 5.91. The van der Waals surface area contributed by atoms with Crippen LogP contribution in [0.1, 0.15) is 75.1 Å². The van der Waals surface area contributed by atoms with Gasteiger partial charge in [-0.1, -0.05) is 64.3 Å². The van der Waals surface area contributed by atoms with E-state index in [-0.39, 0.29) is 0 Å². The average Bonchev–Trinajstić information content (AvgIpc) is 2.55. The van der Waals surface area contributed by atoms with Crippen LogP contribution in [-0.4, -0.2) is 0 Å². The summed E-state index contributed by atoms with van der Waals surface area (Å²) in [6, 6.07) is 9.07. The van der Waals surface area contributed by atoms with E-state index < -0.39 is 0 Å². The van der Waals surface area contributed by atoms with E-state index in [0.29, 0.717) is 0 Å². The van der Waals surface area contributed by atoms with Crippen LogP contribution in [0.15, 0.2) is 24.3 Å². The van der Waals surface area contributed by atoms with Crippen LogP contribution in [0.2, 0.25) is 0 Å². The normalized spacial score (nSPS) is 11.3. The van der Waals surface area contributed by atoms with Gasteiger partial charge in [0.05, 0.1) is 0 Å². The van der Waals surface area contributed by atoms with E-state index in [0.717, 1.165) is 0 Å². The molecule has 0 bridgehead atoms. The van der Waals surface area contributed by atoms with Crippen molar-refractivity contribution in [3.05, 3.63) is 46.5 Å². The summed E-state index contributed by atoms with van der Waals surface area (Å²) in [4.78, 5) is 0. The first-order chi connectivity index (χ1) is 10.7. The monoisotopic (exact) mass is 296 g/mol. The maximum absolute atomic E-state index is 2.35. The van der Waals surface area contributed by atoms with Crippen LogP contribution < -0.4 is 0 Å². The van der Waals surface area contributed by atoms with Crippen molar-refractivity contribution in [2.24, 2.45) is 0 Å². The summed E-state index contributed by atoms with van der Waals surface area (Å²) in [5.74, 6) is 0. The predicted molar refractivity (Wildman–Crippen MR) is 99.9 cm³/mol. The highest BCUT2D eigenvalue weighted by Crippen LogP contribution is 2.33. The smallest absolute Gasteiger partial charge is 0.0146 e. The zero-order valence-electron chi connectivity index (χ0n) is 15.0. The van der Waals surface area contributed by atoms with Gasteiger partial charge in [-0.3, -0.25) is 0 Å². The highest BCUT2D eigenvalue weighted by Gasteiger charge is 2.15. The van der Waals surface area contributed by atoms with Crippen molar-refractivity contribution >= 4 is 10.8 Å². The molecule has 0 fully saturated rings. The van der Waals surface area contributed by atoms with Gasteiger partial charge in [-0.25, -0.2) is 0 Å². The molecule has 0 spiro atoms. The molecule has 0 heterocycles. The van der Waals surface area contributed by atoms with E-state index in [1.807, 2.05) is 0 Å². The van der Waals surface area contributed by atoms with Gasteiger partial charge in [-0.15, -0.1) is 0 Å². The summed E-state index contributed by atoms with van der Waals surface area (Å²) >= 11 is 0. The highest BCUT2D eigenvalue weighted by atomic mass is 14.2. The second kappa shape index (κ2) is 8.36. The van der Waals surface area contributed by atoms with Crippen LogP contribution in [0, 0.1) is 6.92 Å². The molecule has 120 valence electrons. The lowest BCUT2D eigenvalue weighted by molar-refractivity contribution is 0.749. The molecule has 0 unspecified atom stereocenters. The van der Waals surface area contributed by atoms with Crippen LogP contribution in [0.3, 0.4) is 0 Å². The van der Waals surface area contributed by atoms with Crippen molar-refractivity contribution in [1.29, 1.82) is 0 Å². The Labute approximate surface area is 136 Å². The van der Waals surface area contributed by atoms with Gasteiger partial charge in [-0.05, 0) is 72.1 Å². The molecule has 0 N–H and O–H groups in total. The molecule has 0 aliphatic heterocycles. The topological polar surface area (TPSA) is 0 Å². The molecular formula is C22H32. The number of aryl methyl sites for hydroxylation is 2. The van der Waals surface area contributed by atoms with E-state index in [4.69, 9.17) is 0 Å². The van der Waals surface area contributed by atoms with Crippen LogP contribution in [-0.2, 0) is 19.3 Å². The summed E-state index contributed by atoms with van der Waals surface area (Å²) < 4.78 is 0.